The maximum atomic E-state index is 12.9. The van der Waals surface area contributed by atoms with Crippen molar-refractivity contribution in [2.75, 3.05) is 27.2 Å². The van der Waals surface area contributed by atoms with E-state index in [1.807, 2.05) is 27.7 Å². The number of likely N-dealkylation sites (N-methyl/N-ethyl adjacent to an activating group) is 1. The zero-order chi connectivity index (χ0) is 20.5. The standard InChI is InChI=1S/C23H24ClN3O2/c1-25(2)22(28)15-27-14-20(19-5-3-4-6-21(19)27)17-11-12-26(13-17)23(29)16-7-9-18(24)10-8-16/h3-10,14,17H,11-13,15H2,1-2H3. The van der Waals surface area contributed by atoms with Crippen molar-refractivity contribution in [3.05, 3.63) is 70.9 Å². The second-order valence-corrected chi connectivity index (χ2v) is 8.20. The van der Waals surface area contributed by atoms with E-state index < -0.39 is 0 Å². The van der Waals surface area contributed by atoms with Crippen molar-refractivity contribution in [2.24, 2.45) is 0 Å². The van der Waals surface area contributed by atoms with Crippen LogP contribution in [0.3, 0.4) is 0 Å². The van der Waals surface area contributed by atoms with Crippen molar-refractivity contribution < 1.29 is 9.59 Å². The Balaban J connectivity index is 1.58. The van der Waals surface area contributed by atoms with Crippen LogP contribution >= 0.6 is 11.6 Å². The van der Waals surface area contributed by atoms with Crippen molar-refractivity contribution in [3.8, 4) is 0 Å². The summed E-state index contributed by atoms with van der Waals surface area (Å²) in [5.41, 5.74) is 2.92. The number of amides is 2. The number of likely N-dealkylation sites (tertiary alicyclic amines) is 1. The van der Waals surface area contributed by atoms with E-state index in [9.17, 15) is 9.59 Å². The van der Waals surface area contributed by atoms with Gasteiger partial charge in [0.2, 0.25) is 5.91 Å². The smallest absolute Gasteiger partial charge is 0.253 e. The number of aromatic nitrogens is 1. The molecule has 29 heavy (non-hydrogen) atoms. The number of para-hydroxylation sites is 1. The number of carbonyl (C=O) groups excluding carboxylic acids is 2. The predicted octanol–water partition coefficient (Wildman–Crippen LogP) is 4.01. The largest absolute Gasteiger partial charge is 0.347 e. The van der Waals surface area contributed by atoms with E-state index >= 15 is 0 Å². The third kappa shape index (κ3) is 3.87. The fraction of sp³-hybridized carbons (Fsp3) is 0.304. The van der Waals surface area contributed by atoms with Gasteiger partial charge in [0.15, 0.2) is 0 Å². The van der Waals surface area contributed by atoms with Crippen LogP contribution in [0.4, 0.5) is 0 Å². The number of nitrogens with zero attached hydrogens (tertiary/aromatic N) is 3. The van der Waals surface area contributed by atoms with Crippen molar-refractivity contribution in [1.82, 2.24) is 14.4 Å². The molecule has 0 radical (unpaired) electrons. The lowest BCUT2D eigenvalue weighted by Gasteiger charge is -2.16. The van der Waals surface area contributed by atoms with E-state index in [0.29, 0.717) is 23.7 Å². The molecule has 1 saturated heterocycles. The van der Waals surface area contributed by atoms with Gasteiger partial charge in [0.25, 0.3) is 5.91 Å². The van der Waals surface area contributed by atoms with Gasteiger partial charge in [-0.2, -0.15) is 0 Å². The highest BCUT2D eigenvalue weighted by Crippen LogP contribution is 2.34. The van der Waals surface area contributed by atoms with Crippen LogP contribution in [0.5, 0.6) is 0 Å². The van der Waals surface area contributed by atoms with E-state index in [4.69, 9.17) is 11.6 Å². The second kappa shape index (κ2) is 7.91. The Morgan fingerprint density at radius 3 is 2.55 bits per heavy atom. The maximum absolute atomic E-state index is 12.9. The highest BCUT2D eigenvalue weighted by molar-refractivity contribution is 6.30. The van der Waals surface area contributed by atoms with E-state index in [0.717, 1.165) is 23.9 Å². The third-order valence-corrected chi connectivity index (χ3v) is 5.88. The average Bonchev–Trinajstić information content (AvgIpc) is 3.33. The highest BCUT2D eigenvalue weighted by atomic mass is 35.5. The Kier molecular flexibility index (Phi) is 5.33. The lowest BCUT2D eigenvalue weighted by molar-refractivity contribution is -0.129. The quantitative estimate of drug-likeness (QED) is 0.653. The molecule has 2 heterocycles. The molecular formula is C23H24ClN3O2. The molecule has 0 spiro atoms. The molecule has 1 aliphatic rings. The molecule has 0 aliphatic carbocycles. The van der Waals surface area contributed by atoms with Gasteiger partial charge in [-0.1, -0.05) is 29.8 Å². The fourth-order valence-electron chi connectivity index (χ4n) is 3.99. The first-order valence-electron chi connectivity index (χ1n) is 9.77. The van der Waals surface area contributed by atoms with Gasteiger partial charge in [0.05, 0.1) is 0 Å². The molecule has 4 rings (SSSR count). The first-order valence-corrected chi connectivity index (χ1v) is 10.1. The minimum absolute atomic E-state index is 0.0377. The number of carbonyl (C=O) groups is 2. The van der Waals surface area contributed by atoms with Crippen LogP contribution < -0.4 is 0 Å². The SMILES string of the molecule is CN(C)C(=O)Cn1cc(C2CCN(C(=O)c3ccc(Cl)cc3)C2)c2ccccc21. The number of hydrogen-bond acceptors (Lipinski definition) is 2. The van der Waals surface area contributed by atoms with Gasteiger partial charge in [0.1, 0.15) is 6.54 Å². The molecule has 1 aromatic heterocycles. The molecular weight excluding hydrogens is 386 g/mol. The summed E-state index contributed by atoms with van der Waals surface area (Å²) in [6, 6.07) is 15.2. The highest BCUT2D eigenvalue weighted by Gasteiger charge is 2.30. The Bertz CT molecular complexity index is 1060. The van der Waals surface area contributed by atoms with Crippen LogP contribution in [0.1, 0.15) is 28.3 Å². The van der Waals surface area contributed by atoms with Crippen molar-refractivity contribution >= 4 is 34.3 Å². The van der Waals surface area contributed by atoms with Gasteiger partial charge in [-0.25, -0.2) is 0 Å². The Morgan fingerprint density at radius 1 is 1.10 bits per heavy atom. The molecule has 5 nitrogen and oxygen atoms in total. The van der Waals surface area contributed by atoms with Crippen LogP contribution in [0, 0.1) is 0 Å². The normalized spacial score (nSPS) is 16.4. The Hall–Kier alpha value is -2.79. The number of fused-ring (bicyclic) bond motifs is 1. The summed E-state index contributed by atoms with van der Waals surface area (Å²) in [7, 11) is 3.54. The number of hydrogen-bond donors (Lipinski definition) is 0. The van der Waals surface area contributed by atoms with Gasteiger partial charge in [-0.15, -0.1) is 0 Å². The summed E-state index contributed by atoms with van der Waals surface area (Å²) in [4.78, 5) is 28.6. The second-order valence-electron chi connectivity index (χ2n) is 7.76. The van der Waals surface area contributed by atoms with Crippen LogP contribution in [0.2, 0.25) is 5.02 Å². The summed E-state index contributed by atoms with van der Waals surface area (Å²) < 4.78 is 2.02. The van der Waals surface area contributed by atoms with Crippen molar-refractivity contribution in [2.45, 2.75) is 18.9 Å². The summed E-state index contributed by atoms with van der Waals surface area (Å²) in [6.07, 6.45) is 3.00. The molecule has 2 aromatic carbocycles. The number of rotatable bonds is 4. The van der Waals surface area contributed by atoms with Gasteiger partial charge >= 0.3 is 0 Å². The first-order chi connectivity index (χ1) is 13.9. The molecule has 1 atom stereocenters. The van der Waals surface area contributed by atoms with E-state index in [1.54, 1.807) is 43.3 Å². The zero-order valence-corrected chi connectivity index (χ0v) is 17.4. The van der Waals surface area contributed by atoms with Crippen LogP contribution in [0.15, 0.2) is 54.7 Å². The molecule has 0 saturated carbocycles. The average molecular weight is 410 g/mol. The van der Waals surface area contributed by atoms with E-state index in [1.165, 1.54) is 5.56 Å². The summed E-state index contributed by atoms with van der Waals surface area (Å²) in [5, 5.41) is 1.78. The van der Waals surface area contributed by atoms with E-state index in [2.05, 4.69) is 12.3 Å². The predicted molar refractivity (Wildman–Crippen MR) is 115 cm³/mol. The van der Waals surface area contributed by atoms with Gasteiger partial charge in [0, 0.05) is 60.8 Å². The molecule has 150 valence electrons. The lowest BCUT2D eigenvalue weighted by atomic mass is 9.98. The molecule has 1 fully saturated rings. The topological polar surface area (TPSA) is 45.6 Å². The molecule has 0 N–H and O–H groups in total. The number of benzene rings is 2. The minimum Gasteiger partial charge on any atom is -0.347 e. The molecule has 3 aromatic rings. The molecule has 6 heteroatoms. The summed E-state index contributed by atoms with van der Waals surface area (Å²) in [5.74, 6) is 0.353. The molecule has 1 aliphatic heterocycles. The molecule has 2 amide bonds. The summed E-state index contributed by atoms with van der Waals surface area (Å²) in [6.45, 7) is 1.72. The van der Waals surface area contributed by atoms with Gasteiger partial charge in [-0.05, 0) is 42.3 Å². The van der Waals surface area contributed by atoms with Crippen LogP contribution in [0.25, 0.3) is 10.9 Å². The fourth-order valence-corrected chi connectivity index (χ4v) is 4.12. The summed E-state index contributed by atoms with van der Waals surface area (Å²) >= 11 is 5.94. The Labute approximate surface area is 175 Å². The number of halogens is 1. The minimum atomic E-state index is 0.0377. The third-order valence-electron chi connectivity index (χ3n) is 5.63. The Morgan fingerprint density at radius 2 is 1.83 bits per heavy atom. The zero-order valence-electron chi connectivity index (χ0n) is 16.6. The van der Waals surface area contributed by atoms with Crippen molar-refractivity contribution in [3.63, 3.8) is 0 Å². The van der Waals surface area contributed by atoms with E-state index in [-0.39, 0.29) is 17.7 Å². The lowest BCUT2D eigenvalue weighted by Crippen LogP contribution is -2.28. The van der Waals surface area contributed by atoms with Gasteiger partial charge < -0.3 is 14.4 Å². The molecule has 0 bridgehead atoms. The first kappa shape index (κ1) is 19.5. The monoisotopic (exact) mass is 409 g/mol. The maximum Gasteiger partial charge on any atom is 0.253 e. The molecule has 1 unspecified atom stereocenters. The van der Waals surface area contributed by atoms with Crippen molar-refractivity contribution in [1.29, 1.82) is 0 Å². The van der Waals surface area contributed by atoms with Crippen LogP contribution in [-0.4, -0.2) is 53.4 Å². The van der Waals surface area contributed by atoms with Crippen LogP contribution in [-0.2, 0) is 11.3 Å². The van der Waals surface area contributed by atoms with Gasteiger partial charge in [-0.3, -0.25) is 9.59 Å².